The zero-order chi connectivity index (χ0) is 27.2. The number of hydrogen-bond acceptors (Lipinski definition) is 6. The maximum absolute atomic E-state index is 12.9. The molecule has 2 N–H and O–H groups in total. The number of benzene rings is 1. The number of carbonyl (C=O) groups excluding carboxylic acids is 2. The lowest BCUT2D eigenvalue weighted by molar-refractivity contribution is -0.377. The molecule has 1 aliphatic carbocycles. The van der Waals surface area contributed by atoms with E-state index in [0.717, 1.165) is 12.8 Å². The summed E-state index contributed by atoms with van der Waals surface area (Å²) in [5.74, 6) is -0.453. The number of carbonyl (C=O) groups is 2. The standard InChI is InChI=1S/C25H28Cl2F2N2O6/c1-25(2,3)37-24(33)31-12-22(32)35-20(9-16-17(26)10-30-11-18(16)27)15-6-7-19(36-23(28)29)21(8-15)34-13-14-4-5-14/h6-8,10-11,14,20,23H,4-5,9,12-13H2,1-3H3,(H,31,33)/p+1/t20-/m0/s1. The minimum Gasteiger partial charge on any atom is -0.489 e. The van der Waals surface area contributed by atoms with E-state index in [1.54, 1.807) is 20.8 Å². The van der Waals surface area contributed by atoms with Crippen LogP contribution in [0.1, 0.15) is 50.8 Å². The molecule has 1 aromatic heterocycles. The van der Waals surface area contributed by atoms with Crippen LogP contribution in [-0.2, 0) is 20.7 Å². The molecule has 1 atom stereocenters. The summed E-state index contributed by atoms with van der Waals surface area (Å²) in [5, 5.41) is 2.96. The number of aromatic nitrogens is 1. The number of alkyl halides is 2. The molecule has 1 fully saturated rings. The Morgan fingerprint density at radius 2 is 1.81 bits per heavy atom. The van der Waals surface area contributed by atoms with Crippen LogP contribution in [-0.4, -0.2) is 37.4 Å². The molecule has 0 spiro atoms. The molecule has 0 aliphatic heterocycles. The van der Waals surface area contributed by atoms with Gasteiger partial charge in [-0.2, -0.15) is 8.78 Å². The Kier molecular flexibility index (Phi) is 9.78. The summed E-state index contributed by atoms with van der Waals surface area (Å²) in [6, 6.07) is 4.29. The summed E-state index contributed by atoms with van der Waals surface area (Å²) < 4.78 is 47.0. The molecule has 1 saturated carbocycles. The van der Waals surface area contributed by atoms with Crippen molar-refractivity contribution in [3.05, 3.63) is 51.8 Å². The Hall–Kier alpha value is -2.85. The molecule has 202 valence electrons. The Labute approximate surface area is 223 Å². The molecule has 8 nitrogen and oxygen atoms in total. The molecule has 37 heavy (non-hydrogen) atoms. The van der Waals surface area contributed by atoms with E-state index in [-0.39, 0.29) is 17.9 Å². The third-order valence-electron chi connectivity index (χ3n) is 5.16. The summed E-state index contributed by atoms with van der Waals surface area (Å²) in [6.07, 6.45) is 3.37. The van der Waals surface area contributed by atoms with Crippen LogP contribution in [0, 0.1) is 5.92 Å². The zero-order valence-corrected chi connectivity index (χ0v) is 22.1. The van der Waals surface area contributed by atoms with Crippen molar-refractivity contribution in [1.29, 1.82) is 0 Å². The van der Waals surface area contributed by atoms with Crippen molar-refractivity contribution in [2.45, 2.75) is 58.4 Å². The number of rotatable bonds is 11. The van der Waals surface area contributed by atoms with E-state index >= 15 is 0 Å². The van der Waals surface area contributed by atoms with Crippen LogP contribution in [0.3, 0.4) is 0 Å². The summed E-state index contributed by atoms with van der Waals surface area (Å²) in [6.45, 7) is 1.91. The first-order chi connectivity index (χ1) is 17.4. The number of nitrogens with one attached hydrogen (secondary N) is 2. The van der Waals surface area contributed by atoms with Gasteiger partial charge in [-0.25, -0.2) is 9.78 Å². The number of esters is 1. The van der Waals surface area contributed by atoms with Gasteiger partial charge in [0, 0.05) is 12.0 Å². The Morgan fingerprint density at radius 1 is 1.14 bits per heavy atom. The highest BCUT2D eigenvalue weighted by atomic mass is 35.5. The van der Waals surface area contributed by atoms with Crippen molar-refractivity contribution >= 4 is 35.3 Å². The monoisotopic (exact) mass is 561 g/mol. The molecular formula is C25H29Cl2F2N2O6+. The molecule has 0 bridgehead atoms. The number of alkyl carbamates (subject to hydrolysis) is 1. The highest BCUT2D eigenvalue weighted by Gasteiger charge is 2.26. The van der Waals surface area contributed by atoms with Gasteiger partial charge in [-0.3, -0.25) is 4.79 Å². The number of amides is 1. The van der Waals surface area contributed by atoms with Crippen molar-refractivity contribution in [2.24, 2.45) is 5.92 Å². The molecule has 3 rings (SSSR count). The average molecular weight is 562 g/mol. The number of halogens is 4. The van der Waals surface area contributed by atoms with E-state index in [1.807, 2.05) is 0 Å². The molecule has 1 aromatic carbocycles. The molecule has 1 amide bonds. The van der Waals surface area contributed by atoms with Gasteiger partial charge < -0.3 is 24.3 Å². The van der Waals surface area contributed by atoms with Crippen LogP contribution < -0.4 is 19.8 Å². The first kappa shape index (κ1) is 28.7. The molecule has 0 radical (unpaired) electrons. The fourth-order valence-corrected chi connectivity index (χ4v) is 3.80. The maximum Gasteiger partial charge on any atom is 0.408 e. The predicted octanol–water partition coefficient (Wildman–Crippen LogP) is 5.55. The van der Waals surface area contributed by atoms with Crippen molar-refractivity contribution < 1.29 is 42.3 Å². The minimum absolute atomic E-state index is 0.0572. The van der Waals surface area contributed by atoms with Crippen LogP contribution in [0.15, 0.2) is 30.6 Å². The second-order valence-electron chi connectivity index (χ2n) is 9.51. The van der Waals surface area contributed by atoms with Crippen LogP contribution in [0.25, 0.3) is 0 Å². The fraction of sp³-hybridized carbons (Fsp3) is 0.480. The third-order valence-corrected chi connectivity index (χ3v) is 5.84. The van der Waals surface area contributed by atoms with Gasteiger partial charge in [-0.05, 0) is 57.2 Å². The highest BCUT2D eigenvalue weighted by Crippen LogP contribution is 2.37. The number of pyridine rings is 1. The third kappa shape index (κ3) is 9.51. The predicted molar refractivity (Wildman–Crippen MR) is 131 cm³/mol. The Morgan fingerprint density at radius 3 is 2.41 bits per heavy atom. The van der Waals surface area contributed by atoms with E-state index in [0.29, 0.717) is 33.7 Å². The summed E-state index contributed by atoms with van der Waals surface area (Å²) in [7, 11) is 0. The van der Waals surface area contributed by atoms with Gasteiger partial charge in [0.1, 0.15) is 28.3 Å². The summed E-state index contributed by atoms with van der Waals surface area (Å²) >= 11 is 12.6. The Balaban J connectivity index is 1.84. The van der Waals surface area contributed by atoms with Crippen molar-refractivity contribution in [2.75, 3.05) is 13.2 Å². The van der Waals surface area contributed by atoms with Gasteiger partial charge in [0.25, 0.3) is 0 Å². The smallest absolute Gasteiger partial charge is 0.408 e. The van der Waals surface area contributed by atoms with E-state index in [4.69, 9.17) is 37.4 Å². The SMILES string of the molecule is CC(C)(C)OC(=O)NCC(=O)O[C@@H](Cc1c(Cl)c[nH+]cc1Cl)c1ccc(OC(F)F)c(OCC2CC2)c1. The normalized spacial score (nSPS) is 14.2. The van der Waals surface area contributed by atoms with Gasteiger partial charge in [0.05, 0.1) is 6.61 Å². The van der Waals surface area contributed by atoms with Gasteiger partial charge in [-0.15, -0.1) is 0 Å². The molecule has 2 aromatic rings. The van der Waals surface area contributed by atoms with Crippen LogP contribution >= 0.6 is 23.2 Å². The molecular weight excluding hydrogens is 533 g/mol. The lowest BCUT2D eigenvalue weighted by Crippen LogP contribution is -2.36. The van der Waals surface area contributed by atoms with Crippen LogP contribution in [0.5, 0.6) is 11.5 Å². The van der Waals surface area contributed by atoms with Gasteiger partial charge in [-0.1, -0.05) is 29.3 Å². The lowest BCUT2D eigenvalue weighted by Gasteiger charge is -2.22. The second-order valence-corrected chi connectivity index (χ2v) is 10.3. The van der Waals surface area contributed by atoms with Gasteiger partial charge in [0.2, 0.25) is 0 Å². The summed E-state index contributed by atoms with van der Waals surface area (Å²) in [5.41, 5.74) is 0.180. The van der Waals surface area contributed by atoms with E-state index < -0.39 is 36.9 Å². The topological polar surface area (TPSA) is 97.2 Å². The van der Waals surface area contributed by atoms with Crippen LogP contribution in [0.2, 0.25) is 10.0 Å². The highest BCUT2D eigenvalue weighted by molar-refractivity contribution is 6.35. The Bertz CT molecular complexity index is 1090. The minimum atomic E-state index is -3.04. The molecule has 1 aliphatic rings. The van der Waals surface area contributed by atoms with Crippen molar-refractivity contribution in [3.63, 3.8) is 0 Å². The first-order valence-corrected chi connectivity index (χ1v) is 12.4. The molecule has 12 heteroatoms. The number of H-pyrrole nitrogens is 1. The second kappa shape index (κ2) is 12.6. The fourth-order valence-electron chi connectivity index (χ4n) is 3.27. The quantitative estimate of drug-likeness (QED) is 0.361. The lowest BCUT2D eigenvalue weighted by atomic mass is 10.0. The maximum atomic E-state index is 12.9. The van der Waals surface area contributed by atoms with Crippen LogP contribution in [0.4, 0.5) is 13.6 Å². The van der Waals surface area contributed by atoms with Crippen molar-refractivity contribution in [3.8, 4) is 11.5 Å². The van der Waals surface area contributed by atoms with Crippen molar-refractivity contribution in [1.82, 2.24) is 5.32 Å². The number of ether oxygens (including phenoxy) is 4. The average Bonchev–Trinajstić information content (AvgIpc) is 3.62. The van der Waals surface area contributed by atoms with E-state index in [2.05, 4.69) is 15.0 Å². The first-order valence-electron chi connectivity index (χ1n) is 11.6. The summed E-state index contributed by atoms with van der Waals surface area (Å²) in [4.78, 5) is 27.4. The van der Waals surface area contributed by atoms with Gasteiger partial charge >= 0.3 is 18.7 Å². The molecule has 0 unspecified atom stereocenters. The number of hydrogen-bond donors (Lipinski definition) is 1. The van der Waals surface area contributed by atoms with E-state index in [9.17, 15) is 18.4 Å². The number of aromatic amines is 1. The molecule has 0 saturated heterocycles. The van der Waals surface area contributed by atoms with Gasteiger partial charge in [0.15, 0.2) is 23.9 Å². The zero-order valence-electron chi connectivity index (χ0n) is 20.6. The largest absolute Gasteiger partial charge is 0.489 e. The molecule has 1 heterocycles. The van der Waals surface area contributed by atoms with E-state index in [1.165, 1.54) is 30.6 Å².